The van der Waals surface area contributed by atoms with Crippen LogP contribution in [0.3, 0.4) is 0 Å². The number of carbonyl (C=O) groups is 1. The van der Waals surface area contributed by atoms with Gasteiger partial charge in [-0.25, -0.2) is 4.68 Å². The summed E-state index contributed by atoms with van der Waals surface area (Å²) in [6, 6.07) is 6.91. The zero-order chi connectivity index (χ0) is 13.8. The molecule has 1 atom stereocenters. The predicted octanol–water partition coefficient (Wildman–Crippen LogP) is 1.76. The van der Waals surface area contributed by atoms with Crippen molar-refractivity contribution in [3.8, 4) is 0 Å². The maximum Gasteiger partial charge on any atom is 0.237 e. The number of anilines is 1. The highest BCUT2D eigenvalue weighted by atomic mass is 35.5. The molecule has 100 valence electrons. The molecule has 1 amide bonds. The van der Waals surface area contributed by atoms with E-state index in [1.54, 1.807) is 31.2 Å². The van der Waals surface area contributed by atoms with Gasteiger partial charge in [0.05, 0.1) is 5.25 Å². The van der Waals surface area contributed by atoms with E-state index in [9.17, 15) is 4.79 Å². The van der Waals surface area contributed by atoms with Crippen LogP contribution < -0.4 is 11.2 Å². The third-order valence-corrected chi connectivity index (χ3v) is 3.63. The molecule has 0 spiro atoms. The number of nitrogens with zero attached hydrogens (tertiary/aromatic N) is 3. The Labute approximate surface area is 119 Å². The molecule has 8 heteroatoms. The van der Waals surface area contributed by atoms with E-state index in [0.29, 0.717) is 15.9 Å². The van der Waals surface area contributed by atoms with Gasteiger partial charge in [0.2, 0.25) is 11.1 Å². The lowest BCUT2D eigenvalue weighted by Crippen LogP contribution is -2.23. The van der Waals surface area contributed by atoms with Crippen molar-refractivity contribution >= 4 is 35.0 Å². The summed E-state index contributed by atoms with van der Waals surface area (Å²) in [5, 5.41) is 11.0. The van der Waals surface area contributed by atoms with Crippen LogP contribution in [-0.2, 0) is 4.79 Å². The lowest BCUT2D eigenvalue weighted by atomic mass is 10.3. The van der Waals surface area contributed by atoms with Gasteiger partial charge in [-0.15, -0.1) is 10.2 Å². The van der Waals surface area contributed by atoms with Crippen LogP contribution in [0.2, 0.25) is 5.02 Å². The van der Waals surface area contributed by atoms with Gasteiger partial charge in [-0.3, -0.25) is 4.79 Å². The van der Waals surface area contributed by atoms with Crippen LogP contribution in [0.4, 0.5) is 5.69 Å². The topological polar surface area (TPSA) is 85.8 Å². The van der Waals surface area contributed by atoms with Crippen molar-refractivity contribution < 1.29 is 4.79 Å². The average Bonchev–Trinajstić information content (AvgIpc) is 2.78. The van der Waals surface area contributed by atoms with Crippen molar-refractivity contribution in [2.45, 2.75) is 17.3 Å². The molecule has 6 nitrogen and oxygen atoms in total. The number of hydrogen-bond acceptors (Lipinski definition) is 5. The van der Waals surface area contributed by atoms with Crippen LogP contribution in [-0.4, -0.2) is 26.0 Å². The average molecular weight is 298 g/mol. The Bertz CT molecular complexity index is 571. The minimum Gasteiger partial charge on any atom is -0.336 e. The number of nitrogen functional groups attached to an aromatic ring is 1. The maximum absolute atomic E-state index is 12.0. The Balaban J connectivity index is 1.96. The highest BCUT2D eigenvalue weighted by Crippen LogP contribution is 2.21. The first-order valence-electron chi connectivity index (χ1n) is 5.44. The van der Waals surface area contributed by atoms with Gasteiger partial charge in [0.25, 0.3) is 0 Å². The van der Waals surface area contributed by atoms with Crippen LogP contribution in [0.5, 0.6) is 0 Å². The molecule has 3 N–H and O–H groups in total. The van der Waals surface area contributed by atoms with Crippen molar-refractivity contribution in [1.29, 1.82) is 0 Å². The fraction of sp³-hybridized carbons (Fsp3) is 0.182. The first-order valence-corrected chi connectivity index (χ1v) is 6.70. The largest absolute Gasteiger partial charge is 0.336 e. The number of rotatable bonds is 4. The molecular formula is C11H12ClN5OS. The Morgan fingerprint density at radius 3 is 2.74 bits per heavy atom. The summed E-state index contributed by atoms with van der Waals surface area (Å²) in [5.74, 6) is 5.44. The first-order chi connectivity index (χ1) is 9.06. The van der Waals surface area contributed by atoms with Crippen LogP contribution in [0.25, 0.3) is 0 Å². The Morgan fingerprint density at radius 1 is 1.47 bits per heavy atom. The molecular weight excluding hydrogens is 286 g/mol. The van der Waals surface area contributed by atoms with Gasteiger partial charge < -0.3 is 11.2 Å². The van der Waals surface area contributed by atoms with E-state index in [4.69, 9.17) is 17.4 Å². The molecule has 1 heterocycles. The summed E-state index contributed by atoms with van der Waals surface area (Å²) in [5.41, 5.74) is 0.691. The van der Waals surface area contributed by atoms with Crippen LogP contribution in [0.15, 0.2) is 35.7 Å². The minimum atomic E-state index is -0.345. The highest BCUT2D eigenvalue weighted by molar-refractivity contribution is 8.00. The summed E-state index contributed by atoms with van der Waals surface area (Å²) in [6.07, 6.45) is 1.38. The number of thioether (sulfide) groups is 1. The molecule has 0 saturated carbocycles. The minimum absolute atomic E-state index is 0.143. The standard InChI is InChI=1S/C11H12ClN5OS/c1-7(19-11-16-14-6-17(11)13)10(18)15-9-4-2-8(12)3-5-9/h2-7H,13H2,1H3,(H,15,18)/t7-/m0/s1. The summed E-state index contributed by atoms with van der Waals surface area (Å²) in [6.45, 7) is 1.77. The summed E-state index contributed by atoms with van der Waals surface area (Å²) in [4.78, 5) is 12.0. The van der Waals surface area contributed by atoms with Crippen LogP contribution >= 0.6 is 23.4 Å². The van der Waals surface area contributed by atoms with E-state index in [1.807, 2.05) is 0 Å². The summed E-state index contributed by atoms with van der Waals surface area (Å²) < 4.78 is 1.27. The number of halogens is 1. The van der Waals surface area contributed by atoms with E-state index in [2.05, 4.69) is 15.5 Å². The second-order valence-electron chi connectivity index (χ2n) is 3.78. The summed E-state index contributed by atoms with van der Waals surface area (Å²) in [7, 11) is 0. The number of carbonyl (C=O) groups excluding carboxylic acids is 1. The molecule has 0 aliphatic rings. The van der Waals surface area contributed by atoms with E-state index in [-0.39, 0.29) is 11.2 Å². The smallest absolute Gasteiger partial charge is 0.237 e. The van der Waals surface area contributed by atoms with Gasteiger partial charge in [-0.2, -0.15) is 0 Å². The monoisotopic (exact) mass is 297 g/mol. The molecule has 2 rings (SSSR count). The zero-order valence-electron chi connectivity index (χ0n) is 10.1. The SMILES string of the molecule is C[C@H](Sc1nncn1N)C(=O)Nc1ccc(Cl)cc1. The molecule has 0 aliphatic carbocycles. The van der Waals surface area contributed by atoms with Gasteiger partial charge >= 0.3 is 0 Å². The van der Waals surface area contributed by atoms with Crippen molar-refractivity contribution in [2.24, 2.45) is 0 Å². The fourth-order valence-electron chi connectivity index (χ4n) is 1.31. The second kappa shape index (κ2) is 5.94. The zero-order valence-corrected chi connectivity index (χ0v) is 11.6. The van der Waals surface area contributed by atoms with Gasteiger partial charge in [-0.1, -0.05) is 23.4 Å². The molecule has 1 aromatic carbocycles. The molecule has 0 fully saturated rings. The van der Waals surface area contributed by atoms with E-state index in [1.165, 1.54) is 22.8 Å². The molecule has 0 saturated heterocycles. The van der Waals surface area contributed by atoms with Crippen molar-refractivity contribution in [1.82, 2.24) is 14.9 Å². The quantitative estimate of drug-likeness (QED) is 0.663. The van der Waals surface area contributed by atoms with Crippen molar-refractivity contribution in [3.63, 3.8) is 0 Å². The molecule has 1 aromatic heterocycles. The Kier molecular flexibility index (Phi) is 4.28. The highest BCUT2D eigenvalue weighted by Gasteiger charge is 2.17. The predicted molar refractivity (Wildman–Crippen MR) is 75.6 cm³/mol. The number of amides is 1. The lowest BCUT2D eigenvalue weighted by Gasteiger charge is -2.11. The van der Waals surface area contributed by atoms with Crippen LogP contribution in [0.1, 0.15) is 6.92 Å². The molecule has 0 radical (unpaired) electrons. The van der Waals surface area contributed by atoms with Crippen LogP contribution in [0, 0.1) is 0 Å². The van der Waals surface area contributed by atoms with Gasteiger partial charge in [-0.05, 0) is 31.2 Å². The lowest BCUT2D eigenvalue weighted by molar-refractivity contribution is -0.115. The number of benzene rings is 1. The molecule has 0 bridgehead atoms. The number of nitrogens with one attached hydrogen (secondary N) is 1. The van der Waals surface area contributed by atoms with E-state index < -0.39 is 0 Å². The van der Waals surface area contributed by atoms with Gasteiger partial charge in [0.1, 0.15) is 6.33 Å². The number of hydrogen-bond donors (Lipinski definition) is 2. The van der Waals surface area contributed by atoms with Gasteiger partial charge in [0.15, 0.2) is 0 Å². The fourth-order valence-corrected chi connectivity index (χ4v) is 2.18. The Morgan fingerprint density at radius 2 is 2.16 bits per heavy atom. The van der Waals surface area contributed by atoms with E-state index in [0.717, 1.165) is 0 Å². The third kappa shape index (κ3) is 3.62. The van der Waals surface area contributed by atoms with Crippen molar-refractivity contribution in [3.05, 3.63) is 35.6 Å². The second-order valence-corrected chi connectivity index (χ2v) is 5.52. The summed E-state index contributed by atoms with van der Waals surface area (Å²) >= 11 is 7.01. The molecule has 2 aromatic rings. The first kappa shape index (κ1) is 13.7. The van der Waals surface area contributed by atoms with E-state index >= 15 is 0 Å². The molecule has 0 aliphatic heterocycles. The number of aromatic nitrogens is 3. The van der Waals surface area contributed by atoms with Crippen molar-refractivity contribution in [2.75, 3.05) is 11.2 Å². The maximum atomic E-state index is 12.0. The third-order valence-electron chi connectivity index (χ3n) is 2.30. The van der Waals surface area contributed by atoms with Gasteiger partial charge in [0, 0.05) is 10.7 Å². The molecule has 0 unspecified atom stereocenters. The molecule has 19 heavy (non-hydrogen) atoms. The Hall–Kier alpha value is -1.73. The number of nitrogens with two attached hydrogens (primary N) is 1. The normalized spacial score (nSPS) is 12.1.